The molecule has 7 heteroatoms. The van der Waals surface area contributed by atoms with Crippen LogP contribution >= 0.6 is 22.9 Å². The Kier molecular flexibility index (Phi) is 4.05. The topological polar surface area (TPSA) is 67.2 Å². The SMILES string of the molecule is O=C(NC1CCCNC1)c1cc(-c2ccc(Cl)s2)on1. The van der Waals surface area contributed by atoms with E-state index in [0.29, 0.717) is 15.8 Å². The van der Waals surface area contributed by atoms with E-state index in [-0.39, 0.29) is 11.9 Å². The molecule has 2 aromatic heterocycles. The van der Waals surface area contributed by atoms with Crippen molar-refractivity contribution in [1.82, 2.24) is 15.8 Å². The predicted octanol–water partition coefficient (Wildman–Crippen LogP) is 2.54. The number of aromatic nitrogens is 1. The van der Waals surface area contributed by atoms with Crippen molar-refractivity contribution in [3.05, 3.63) is 28.2 Å². The first-order valence-corrected chi connectivity index (χ1v) is 7.66. The molecular weight excluding hydrogens is 298 g/mol. The van der Waals surface area contributed by atoms with Crippen LogP contribution in [-0.4, -0.2) is 30.2 Å². The van der Waals surface area contributed by atoms with E-state index < -0.39 is 0 Å². The molecule has 106 valence electrons. The lowest BCUT2D eigenvalue weighted by molar-refractivity contribution is 0.0921. The Morgan fingerprint density at radius 3 is 3.15 bits per heavy atom. The van der Waals surface area contributed by atoms with Gasteiger partial charge in [-0.15, -0.1) is 11.3 Å². The second-order valence-corrected chi connectivity index (χ2v) is 6.41. The fourth-order valence-corrected chi connectivity index (χ4v) is 3.17. The molecule has 0 aromatic carbocycles. The molecule has 20 heavy (non-hydrogen) atoms. The van der Waals surface area contributed by atoms with Gasteiger partial charge in [0.2, 0.25) is 0 Å². The monoisotopic (exact) mass is 311 g/mol. The summed E-state index contributed by atoms with van der Waals surface area (Å²) in [6.45, 7) is 1.82. The van der Waals surface area contributed by atoms with Crippen molar-refractivity contribution in [2.75, 3.05) is 13.1 Å². The number of halogens is 1. The van der Waals surface area contributed by atoms with Crippen molar-refractivity contribution in [2.24, 2.45) is 0 Å². The summed E-state index contributed by atoms with van der Waals surface area (Å²) in [5.41, 5.74) is 0.301. The number of hydrogen-bond donors (Lipinski definition) is 2. The molecule has 0 saturated carbocycles. The van der Waals surface area contributed by atoms with E-state index in [4.69, 9.17) is 16.1 Å². The van der Waals surface area contributed by atoms with Crippen LogP contribution in [-0.2, 0) is 0 Å². The molecule has 2 N–H and O–H groups in total. The van der Waals surface area contributed by atoms with Gasteiger partial charge in [-0.3, -0.25) is 4.79 Å². The predicted molar refractivity (Wildman–Crippen MR) is 78.2 cm³/mol. The maximum Gasteiger partial charge on any atom is 0.273 e. The Labute approximate surface area is 125 Å². The summed E-state index contributed by atoms with van der Waals surface area (Å²) in [6, 6.07) is 5.44. The summed E-state index contributed by atoms with van der Waals surface area (Å²) in [5.74, 6) is 0.366. The van der Waals surface area contributed by atoms with Gasteiger partial charge in [0.05, 0.1) is 9.21 Å². The molecule has 1 aliphatic heterocycles. The van der Waals surface area contributed by atoms with Gasteiger partial charge in [-0.25, -0.2) is 0 Å². The van der Waals surface area contributed by atoms with Crippen molar-refractivity contribution >= 4 is 28.8 Å². The Bertz CT molecular complexity index is 604. The molecule has 1 aliphatic rings. The molecule has 0 radical (unpaired) electrons. The summed E-state index contributed by atoms with van der Waals surface area (Å²) in [7, 11) is 0. The van der Waals surface area contributed by atoms with Crippen LogP contribution < -0.4 is 10.6 Å². The molecule has 2 aromatic rings. The highest BCUT2D eigenvalue weighted by Gasteiger charge is 2.19. The highest BCUT2D eigenvalue weighted by Crippen LogP contribution is 2.31. The van der Waals surface area contributed by atoms with E-state index in [0.717, 1.165) is 30.8 Å². The molecule has 0 bridgehead atoms. The maximum absolute atomic E-state index is 12.1. The number of nitrogens with one attached hydrogen (secondary N) is 2. The first kappa shape index (κ1) is 13.6. The maximum atomic E-state index is 12.1. The molecule has 3 rings (SSSR count). The van der Waals surface area contributed by atoms with Crippen LogP contribution in [0.5, 0.6) is 0 Å². The zero-order valence-electron chi connectivity index (χ0n) is 10.7. The lowest BCUT2D eigenvalue weighted by atomic mass is 10.1. The summed E-state index contributed by atoms with van der Waals surface area (Å²) in [6.07, 6.45) is 2.06. The van der Waals surface area contributed by atoms with E-state index >= 15 is 0 Å². The number of rotatable bonds is 3. The third-order valence-electron chi connectivity index (χ3n) is 3.19. The molecule has 1 fully saturated rings. The largest absolute Gasteiger partial charge is 0.355 e. The van der Waals surface area contributed by atoms with Crippen LogP contribution in [0.1, 0.15) is 23.3 Å². The van der Waals surface area contributed by atoms with Crippen molar-refractivity contribution < 1.29 is 9.32 Å². The number of nitrogens with zero attached hydrogens (tertiary/aromatic N) is 1. The van der Waals surface area contributed by atoms with Gasteiger partial charge in [-0.05, 0) is 31.5 Å². The second kappa shape index (κ2) is 5.95. The quantitative estimate of drug-likeness (QED) is 0.914. The number of piperidine rings is 1. The second-order valence-electron chi connectivity index (χ2n) is 4.70. The minimum absolute atomic E-state index is 0.160. The first-order chi connectivity index (χ1) is 9.72. The lowest BCUT2D eigenvalue weighted by Crippen LogP contribution is -2.45. The molecule has 5 nitrogen and oxygen atoms in total. The summed E-state index contributed by atoms with van der Waals surface area (Å²) in [5, 5.41) is 10.0. The van der Waals surface area contributed by atoms with Crippen molar-refractivity contribution in [2.45, 2.75) is 18.9 Å². The summed E-state index contributed by atoms with van der Waals surface area (Å²) >= 11 is 7.27. The average Bonchev–Trinajstić information content (AvgIpc) is 3.08. The van der Waals surface area contributed by atoms with Crippen LogP contribution in [0.4, 0.5) is 0 Å². The highest BCUT2D eigenvalue weighted by atomic mass is 35.5. The van der Waals surface area contributed by atoms with Crippen LogP contribution in [0.25, 0.3) is 10.6 Å². The lowest BCUT2D eigenvalue weighted by Gasteiger charge is -2.23. The van der Waals surface area contributed by atoms with E-state index in [1.165, 1.54) is 11.3 Å². The van der Waals surface area contributed by atoms with Gasteiger partial charge in [0.15, 0.2) is 11.5 Å². The van der Waals surface area contributed by atoms with Crippen molar-refractivity contribution in [1.29, 1.82) is 0 Å². The molecule has 0 spiro atoms. The molecule has 1 unspecified atom stereocenters. The number of carbonyl (C=O) groups is 1. The Hall–Kier alpha value is -1.37. The standard InChI is InChI=1S/C13H14ClN3O2S/c14-12-4-3-11(20-12)10-6-9(17-19-10)13(18)16-8-2-1-5-15-7-8/h3-4,6,8,15H,1-2,5,7H2,(H,16,18). The van der Waals surface area contributed by atoms with Crippen LogP contribution in [0.2, 0.25) is 4.34 Å². The molecule has 1 amide bonds. The third-order valence-corrected chi connectivity index (χ3v) is 4.44. The summed E-state index contributed by atoms with van der Waals surface area (Å²) < 4.78 is 5.88. The van der Waals surface area contributed by atoms with Gasteiger partial charge in [-0.2, -0.15) is 0 Å². The molecular formula is C13H14ClN3O2S. The third kappa shape index (κ3) is 3.03. The molecule has 1 atom stereocenters. The van der Waals surface area contributed by atoms with Gasteiger partial charge in [0.1, 0.15) is 0 Å². The first-order valence-electron chi connectivity index (χ1n) is 6.46. The van der Waals surface area contributed by atoms with Crippen molar-refractivity contribution in [3.8, 4) is 10.6 Å². The average molecular weight is 312 g/mol. The smallest absolute Gasteiger partial charge is 0.273 e. The fraction of sp³-hybridized carbons (Fsp3) is 0.385. The van der Waals surface area contributed by atoms with Gasteiger partial charge < -0.3 is 15.2 Å². The van der Waals surface area contributed by atoms with Crippen LogP contribution in [0, 0.1) is 0 Å². The van der Waals surface area contributed by atoms with Gasteiger partial charge in [0, 0.05) is 18.7 Å². The fourth-order valence-electron chi connectivity index (χ4n) is 2.18. The zero-order chi connectivity index (χ0) is 13.9. The number of hydrogen-bond acceptors (Lipinski definition) is 5. The van der Waals surface area contributed by atoms with E-state index in [1.54, 1.807) is 12.1 Å². The van der Waals surface area contributed by atoms with Crippen molar-refractivity contribution in [3.63, 3.8) is 0 Å². The minimum Gasteiger partial charge on any atom is -0.355 e. The van der Waals surface area contributed by atoms with Gasteiger partial charge in [0.25, 0.3) is 5.91 Å². The molecule has 1 saturated heterocycles. The minimum atomic E-state index is -0.198. The zero-order valence-corrected chi connectivity index (χ0v) is 12.3. The number of carbonyl (C=O) groups excluding carboxylic acids is 1. The van der Waals surface area contributed by atoms with Gasteiger partial charge >= 0.3 is 0 Å². The normalized spacial score (nSPS) is 18.9. The van der Waals surface area contributed by atoms with Crippen LogP contribution in [0.3, 0.4) is 0 Å². The van der Waals surface area contributed by atoms with Gasteiger partial charge in [-0.1, -0.05) is 16.8 Å². The molecule has 0 aliphatic carbocycles. The highest BCUT2D eigenvalue weighted by molar-refractivity contribution is 7.19. The Balaban J connectivity index is 1.68. The number of thiophene rings is 1. The summed E-state index contributed by atoms with van der Waals surface area (Å²) in [4.78, 5) is 12.9. The Morgan fingerprint density at radius 2 is 2.45 bits per heavy atom. The van der Waals surface area contributed by atoms with E-state index in [1.807, 2.05) is 6.07 Å². The Morgan fingerprint density at radius 1 is 1.55 bits per heavy atom. The van der Waals surface area contributed by atoms with E-state index in [2.05, 4.69) is 15.8 Å². The van der Waals surface area contributed by atoms with Crippen LogP contribution in [0.15, 0.2) is 22.7 Å². The number of amides is 1. The van der Waals surface area contributed by atoms with E-state index in [9.17, 15) is 4.79 Å². The molecule has 3 heterocycles.